The Hall–Kier alpha value is -1.95. The van der Waals surface area contributed by atoms with Crippen molar-refractivity contribution in [2.75, 3.05) is 18.9 Å². The molecule has 1 rings (SSSR count). The van der Waals surface area contributed by atoms with Crippen LogP contribution in [0.2, 0.25) is 0 Å². The molecule has 78 valence electrons. The van der Waals surface area contributed by atoms with Gasteiger partial charge in [-0.2, -0.15) is 0 Å². The number of anilines is 1. The molecule has 0 radical (unpaired) electrons. The lowest BCUT2D eigenvalue weighted by atomic mass is 10.1. The predicted molar refractivity (Wildman–Crippen MR) is 61.5 cm³/mol. The minimum atomic E-state index is 0.0133. The molecule has 0 unspecified atom stereocenters. The Labute approximate surface area is 89.9 Å². The summed E-state index contributed by atoms with van der Waals surface area (Å²) in [5.74, 6) is 2.51. The second-order valence-corrected chi connectivity index (χ2v) is 3.10. The lowest BCUT2D eigenvalue weighted by Gasteiger charge is -2.04. The Morgan fingerprint density at radius 2 is 2.07 bits per heavy atom. The molecule has 0 aliphatic heterocycles. The summed E-state index contributed by atoms with van der Waals surface area (Å²) in [7, 11) is 1.63. The number of carbonyl (C=O) groups excluding carboxylic acids is 1. The number of likely N-dealkylation sites (N-methyl/N-ethyl adjacent to an activating group) is 1. The van der Waals surface area contributed by atoms with Crippen LogP contribution in [0.3, 0.4) is 0 Å². The Balaban J connectivity index is 2.57. The van der Waals surface area contributed by atoms with Crippen LogP contribution in [0.25, 0.3) is 0 Å². The van der Waals surface area contributed by atoms with Crippen LogP contribution in [0, 0.1) is 12.3 Å². The van der Waals surface area contributed by atoms with Crippen molar-refractivity contribution in [3.05, 3.63) is 29.8 Å². The molecule has 3 nitrogen and oxygen atoms in total. The van der Waals surface area contributed by atoms with Gasteiger partial charge in [-0.15, -0.1) is 6.42 Å². The molecule has 0 saturated carbocycles. The van der Waals surface area contributed by atoms with Gasteiger partial charge >= 0.3 is 0 Å². The topological polar surface area (TPSA) is 41.1 Å². The molecule has 1 amide bonds. The molecule has 0 bridgehead atoms. The van der Waals surface area contributed by atoms with Crippen molar-refractivity contribution in [3.63, 3.8) is 0 Å². The van der Waals surface area contributed by atoms with E-state index in [9.17, 15) is 4.79 Å². The van der Waals surface area contributed by atoms with E-state index in [4.69, 9.17) is 6.42 Å². The zero-order valence-electron chi connectivity index (χ0n) is 8.71. The van der Waals surface area contributed by atoms with Crippen LogP contribution in [-0.2, 0) is 11.2 Å². The van der Waals surface area contributed by atoms with Crippen molar-refractivity contribution in [2.45, 2.75) is 6.42 Å². The number of carbonyl (C=O) groups is 1. The molecule has 0 spiro atoms. The average molecular weight is 202 g/mol. The summed E-state index contributed by atoms with van der Waals surface area (Å²) in [5.41, 5.74) is 1.95. The van der Waals surface area contributed by atoms with Crippen molar-refractivity contribution < 1.29 is 4.79 Å². The number of hydrogen-bond acceptors (Lipinski definition) is 2. The molecule has 0 aromatic heterocycles. The first-order valence-corrected chi connectivity index (χ1v) is 4.73. The van der Waals surface area contributed by atoms with Crippen LogP contribution in [0.1, 0.15) is 5.56 Å². The fourth-order valence-electron chi connectivity index (χ4n) is 1.17. The number of nitrogens with one attached hydrogen (secondary N) is 2. The van der Waals surface area contributed by atoms with E-state index in [0.29, 0.717) is 13.0 Å². The molecular formula is C12H14N2O. The van der Waals surface area contributed by atoms with Gasteiger partial charge in [-0.05, 0) is 17.7 Å². The molecule has 0 aliphatic carbocycles. The van der Waals surface area contributed by atoms with Crippen molar-refractivity contribution >= 4 is 11.6 Å². The van der Waals surface area contributed by atoms with Crippen molar-refractivity contribution in [3.8, 4) is 12.3 Å². The largest absolute Gasteiger partial charge is 0.374 e. The maximum Gasteiger partial charge on any atom is 0.224 e. The molecule has 0 heterocycles. The Morgan fingerprint density at radius 3 is 2.60 bits per heavy atom. The van der Waals surface area contributed by atoms with E-state index >= 15 is 0 Å². The minimum Gasteiger partial charge on any atom is -0.374 e. The summed E-state index contributed by atoms with van der Waals surface area (Å²) in [4.78, 5) is 11.1. The maximum absolute atomic E-state index is 11.1. The highest BCUT2D eigenvalue weighted by atomic mass is 16.1. The summed E-state index contributed by atoms with van der Waals surface area (Å²) >= 11 is 0. The first-order valence-electron chi connectivity index (χ1n) is 4.73. The van der Waals surface area contributed by atoms with Gasteiger partial charge in [-0.3, -0.25) is 4.79 Å². The third kappa shape index (κ3) is 3.74. The average Bonchev–Trinajstić information content (AvgIpc) is 2.28. The van der Waals surface area contributed by atoms with E-state index in [-0.39, 0.29) is 5.91 Å². The van der Waals surface area contributed by atoms with Crippen molar-refractivity contribution in [1.82, 2.24) is 5.32 Å². The first-order chi connectivity index (χ1) is 7.26. The van der Waals surface area contributed by atoms with E-state index in [1.807, 2.05) is 24.3 Å². The van der Waals surface area contributed by atoms with E-state index < -0.39 is 0 Å². The van der Waals surface area contributed by atoms with Gasteiger partial charge in [0, 0.05) is 12.7 Å². The van der Waals surface area contributed by atoms with Gasteiger partial charge in [0.25, 0.3) is 0 Å². The number of rotatable bonds is 4. The molecular weight excluding hydrogens is 188 g/mol. The summed E-state index contributed by atoms with van der Waals surface area (Å²) in [5, 5.41) is 5.63. The standard InChI is InChI=1S/C12H14N2O/c1-3-8-14-11-6-4-10(5-7-11)9-12(15)13-2/h1,4-7,14H,8-9H2,2H3,(H,13,15). The Bertz CT molecular complexity index is 362. The zero-order chi connectivity index (χ0) is 11.1. The van der Waals surface area contributed by atoms with Crippen LogP contribution in [-0.4, -0.2) is 19.5 Å². The highest BCUT2D eigenvalue weighted by Gasteiger charge is 1.99. The van der Waals surface area contributed by atoms with Gasteiger partial charge in [-0.1, -0.05) is 18.1 Å². The van der Waals surface area contributed by atoms with Crippen molar-refractivity contribution in [2.24, 2.45) is 0 Å². The number of terminal acetylenes is 1. The van der Waals surface area contributed by atoms with E-state index in [1.54, 1.807) is 7.05 Å². The molecule has 1 aromatic carbocycles. The number of amides is 1. The summed E-state index contributed by atoms with van der Waals surface area (Å²) in [6, 6.07) is 7.65. The van der Waals surface area contributed by atoms with Gasteiger partial charge in [-0.25, -0.2) is 0 Å². The quantitative estimate of drug-likeness (QED) is 0.716. The van der Waals surface area contributed by atoms with Crippen LogP contribution in [0.15, 0.2) is 24.3 Å². The second kappa shape index (κ2) is 5.71. The summed E-state index contributed by atoms with van der Waals surface area (Å²) in [6.45, 7) is 0.509. The summed E-state index contributed by atoms with van der Waals surface area (Å²) in [6.07, 6.45) is 5.53. The van der Waals surface area contributed by atoms with E-state index in [0.717, 1.165) is 11.3 Å². The highest BCUT2D eigenvalue weighted by molar-refractivity contribution is 5.78. The zero-order valence-corrected chi connectivity index (χ0v) is 8.71. The Kier molecular flexibility index (Phi) is 4.24. The molecule has 0 saturated heterocycles. The van der Waals surface area contributed by atoms with Crippen LogP contribution < -0.4 is 10.6 Å². The second-order valence-electron chi connectivity index (χ2n) is 3.10. The van der Waals surface area contributed by atoms with Crippen molar-refractivity contribution in [1.29, 1.82) is 0 Å². The predicted octanol–water partition coefficient (Wildman–Crippen LogP) is 1.02. The lowest BCUT2D eigenvalue weighted by molar-refractivity contribution is -0.119. The number of benzene rings is 1. The monoisotopic (exact) mass is 202 g/mol. The van der Waals surface area contributed by atoms with Gasteiger partial charge in [0.05, 0.1) is 13.0 Å². The molecule has 0 atom stereocenters. The van der Waals surface area contributed by atoms with Gasteiger partial charge in [0.15, 0.2) is 0 Å². The van der Waals surface area contributed by atoms with E-state index in [1.165, 1.54) is 0 Å². The van der Waals surface area contributed by atoms with Crippen LogP contribution >= 0.6 is 0 Å². The fourth-order valence-corrected chi connectivity index (χ4v) is 1.17. The lowest BCUT2D eigenvalue weighted by Crippen LogP contribution is -2.19. The first kappa shape index (κ1) is 11.1. The molecule has 0 fully saturated rings. The molecule has 3 heteroatoms. The normalized spacial score (nSPS) is 9.07. The van der Waals surface area contributed by atoms with Gasteiger partial charge in [0.1, 0.15) is 0 Å². The van der Waals surface area contributed by atoms with E-state index in [2.05, 4.69) is 16.6 Å². The maximum atomic E-state index is 11.1. The third-order valence-electron chi connectivity index (χ3n) is 1.99. The summed E-state index contributed by atoms with van der Waals surface area (Å²) < 4.78 is 0. The Morgan fingerprint density at radius 1 is 1.40 bits per heavy atom. The minimum absolute atomic E-state index is 0.0133. The number of hydrogen-bond donors (Lipinski definition) is 2. The van der Waals surface area contributed by atoms with Gasteiger partial charge in [0.2, 0.25) is 5.91 Å². The third-order valence-corrected chi connectivity index (χ3v) is 1.99. The SMILES string of the molecule is C#CCNc1ccc(CC(=O)NC)cc1. The van der Waals surface area contributed by atoms with Crippen LogP contribution in [0.5, 0.6) is 0 Å². The molecule has 15 heavy (non-hydrogen) atoms. The fraction of sp³-hybridized carbons (Fsp3) is 0.250. The molecule has 2 N–H and O–H groups in total. The highest BCUT2D eigenvalue weighted by Crippen LogP contribution is 2.09. The molecule has 1 aromatic rings. The van der Waals surface area contributed by atoms with Crippen LogP contribution in [0.4, 0.5) is 5.69 Å². The van der Waals surface area contributed by atoms with Gasteiger partial charge < -0.3 is 10.6 Å². The smallest absolute Gasteiger partial charge is 0.224 e. The molecule has 0 aliphatic rings.